The molecule has 11 nitrogen and oxygen atoms in total. The molecule has 0 aromatic carbocycles. The third-order valence-corrected chi connectivity index (χ3v) is 12.9. The summed E-state index contributed by atoms with van der Waals surface area (Å²) in [6.07, 6.45) is 23.4. The summed E-state index contributed by atoms with van der Waals surface area (Å²) >= 11 is 0. The lowest BCUT2D eigenvalue weighted by Crippen LogP contribution is -2.50. The number of nitrogens with zero attached hydrogens (tertiary/aromatic N) is 4. The highest BCUT2D eigenvalue weighted by atomic mass is 16.6. The van der Waals surface area contributed by atoms with Crippen LogP contribution in [-0.4, -0.2) is 55.7 Å². The molecule has 3 heterocycles. The fourth-order valence-electron chi connectivity index (χ4n) is 9.45. The highest BCUT2D eigenvalue weighted by Crippen LogP contribution is 2.53. The molecule has 1 amide bonds. The van der Waals surface area contributed by atoms with Crippen LogP contribution >= 0.6 is 0 Å². The van der Waals surface area contributed by atoms with Gasteiger partial charge in [-0.05, 0) is 102 Å². The van der Waals surface area contributed by atoms with Crippen molar-refractivity contribution in [2.45, 2.75) is 154 Å². The number of carbonyl (C=O) groups is 3. The number of imidazole rings is 1. The van der Waals surface area contributed by atoms with Crippen molar-refractivity contribution in [2.75, 3.05) is 11.9 Å². The van der Waals surface area contributed by atoms with Crippen LogP contribution in [0.3, 0.4) is 0 Å². The topological polar surface area (TPSA) is 135 Å². The van der Waals surface area contributed by atoms with Crippen molar-refractivity contribution in [3.05, 3.63) is 12.2 Å². The van der Waals surface area contributed by atoms with Crippen LogP contribution in [0, 0.1) is 41.9 Å². The van der Waals surface area contributed by atoms with Crippen LogP contribution in [0.1, 0.15) is 141 Å². The summed E-state index contributed by atoms with van der Waals surface area (Å²) in [4.78, 5) is 54.4. The smallest absolute Gasteiger partial charge is 0.312 e. The first-order valence-electron chi connectivity index (χ1n) is 19.2. The number of ether oxygens (including phenoxy) is 3. The summed E-state index contributed by atoms with van der Waals surface area (Å²) in [6, 6.07) is 0. The Morgan fingerprint density at radius 1 is 0.940 bits per heavy atom. The Kier molecular flexibility index (Phi) is 9.94. The van der Waals surface area contributed by atoms with Gasteiger partial charge in [0.05, 0.1) is 17.2 Å². The van der Waals surface area contributed by atoms with Crippen molar-refractivity contribution in [1.29, 1.82) is 0 Å². The van der Waals surface area contributed by atoms with E-state index in [1.165, 1.54) is 6.42 Å². The Morgan fingerprint density at radius 3 is 2.18 bits per heavy atom. The van der Waals surface area contributed by atoms with E-state index in [9.17, 15) is 14.4 Å². The number of carbonyl (C=O) groups excluding carboxylic acids is 3. The number of aromatic nitrogens is 4. The number of anilines is 1. The predicted octanol–water partition coefficient (Wildman–Crippen LogP) is 7.12. The van der Waals surface area contributed by atoms with Gasteiger partial charge in [0, 0.05) is 12.8 Å². The maximum atomic E-state index is 14.0. The van der Waals surface area contributed by atoms with E-state index in [4.69, 9.17) is 20.6 Å². The highest BCUT2D eigenvalue weighted by Gasteiger charge is 2.56. The van der Waals surface area contributed by atoms with Crippen LogP contribution < -0.4 is 5.32 Å². The molecule has 270 valence electrons. The first-order chi connectivity index (χ1) is 24.2. The van der Waals surface area contributed by atoms with Gasteiger partial charge in [0.2, 0.25) is 11.5 Å². The molecular formula is C39H53N5O6. The highest BCUT2D eigenvalue weighted by molar-refractivity contribution is 5.96. The molecule has 50 heavy (non-hydrogen) atoms. The molecule has 6 aliphatic carbocycles. The SMILES string of the molecule is C#C[C@]1(COC(=O)C23CCC(CC2)CC3)O[C@@H](n2cnc3c(NC(=O)CCCCCCC)nc(C)nc32)C[C@@H]1OC(=O)C12CCC(CC1)CC2. The van der Waals surface area contributed by atoms with Crippen LogP contribution in [-0.2, 0) is 28.6 Å². The van der Waals surface area contributed by atoms with Crippen LogP contribution in [0.2, 0.25) is 0 Å². The summed E-state index contributed by atoms with van der Waals surface area (Å²) in [5.74, 6) is 4.44. The van der Waals surface area contributed by atoms with Gasteiger partial charge < -0.3 is 19.5 Å². The third kappa shape index (κ3) is 6.65. The summed E-state index contributed by atoms with van der Waals surface area (Å²) in [7, 11) is 0. The van der Waals surface area contributed by atoms with Gasteiger partial charge in [0.15, 0.2) is 17.0 Å². The Hall–Kier alpha value is -3.52. The van der Waals surface area contributed by atoms with E-state index in [0.717, 1.165) is 103 Å². The standard InChI is InChI=1S/C39H53N5O6/c1-4-6-7-8-9-10-30(45)43-33-32-34(42-26(3)41-33)44(25-40-32)31-23-29(49-36(47)38-20-14-28(15-21-38)16-22-38)39(5-2,50-31)24-48-35(46)37-17-11-27(12-18-37)13-19-37/h2,25,27-29,31H,4,6-24H2,1,3H3,(H,41,42,43,45)/t27?,28?,29-,31+,37?,38?,39+/m0/s1. The molecular weight excluding hydrogens is 634 g/mol. The molecule has 0 radical (unpaired) electrons. The first-order valence-corrected chi connectivity index (χ1v) is 19.2. The van der Waals surface area contributed by atoms with Gasteiger partial charge in [-0.3, -0.25) is 19.0 Å². The third-order valence-electron chi connectivity index (χ3n) is 12.9. The van der Waals surface area contributed by atoms with Gasteiger partial charge in [-0.2, -0.15) is 0 Å². The van der Waals surface area contributed by atoms with Gasteiger partial charge in [0.1, 0.15) is 24.8 Å². The fourth-order valence-corrected chi connectivity index (χ4v) is 9.45. The summed E-state index contributed by atoms with van der Waals surface area (Å²) in [5.41, 5.74) is -1.56. The molecule has 1 N–H and O–H groups in total. The minimum atomic E-state index is -1.49. The molecule has 1 saturated heterocycles. The van der Waals surface area contributed by atoms with E-state index >= 15 is 0 Å². The average molecular weight is 688 g/mol. The van der Waals surface area contributed by atoms with Crippen molar-refractivity contribution < 1.29 is 28.6 Å². The van der Waals surface area contributed by atoms with Crippen LogP contribution in [0.15, 0.2) is 6.33 Å². The predicted molar refractivity (Wildman–Crippen MR) is 186 cm³/mol. The molecule has 6 saturated carbocycles. The largest absolute Gasteiger partial charge is 0.461 e. The zero-order chi connectivity index (χ0) is 34.9. The molecule has 11 heteroatoms. The van der Waals surface area contributed by atoms with Crippen LogP contribution in [0.4, 0.5) is 5.82 Å². The first kappa shape index (κ1) is 34.9. The van der Waals surface area contributed by atoms with E-state index in [1.54, 1.807) is 17.8 Å². The summed E-state index contributed by atoms with van der Waals surface area (Å²) in [5, 5.41) is 2.94. The monoisotopic (exact) mass is 687 g/mol. The molecule has 0 spiro atoms. The number of nitrogens with one attached hydrogen (secondary N) is 1. The minimum Gasteiger partial charge on any atom is -0.461 e. The van der Waals surface area contributed by atoms with E-state index in [2.05, 4.69) is 33.1 Å². The van der Waals surface area contributed by atoms with Crippen molar-refractivity contribution in [2.24, 2.45) is 22.7 Å². The zero-order valence-corrected chi connectivity index (χ0v) is 29.8. The van der Waals surface area contributed by atoms with E-state index < -0.39 is 28.8 Å². The number of rotatable bonds is 13. The summed E-state index contributed by atoms with van der Waals surface area (Å²) < 4.78 is 20.9. The molecule has 4 bridgehead atoms. The van der Waals surface area contributed by atoms with Crippen molar-refractivity contribution in [3.63, 3.8) is 0 Å². The second-order valence-corrected chi connectivity index (χ2v) is 16.0. The van der Waals surface area contributed by atoms with Gasteiger partial charge in [-0.15, -0.1) is 6.42 Å². The molecule has 1 aliphatic heterocycles. The maximum Gasteiger partial charge on any atom is 0.312 e. The Labute approximate surface area is 295 Å². The normalized spacial score (nSPS) is 32.9. The van der Waals surface area contributed by atoms with Crippen molar-refractivity contribution >= 4 is 34.8 Å². The maximum absolute atomic E-state index is 14.0. The number of fused-ring (bicyclic) bond motifs is 7. The van der Waals surface area contributed by atoms with E-state index in [1.807, 2.05) is 0 Å². The molecule has 7 aliphatic rings. The number of aryl methyl sites for hydroxylation is 1. The second-order valence-electron chi connectivity index (χ2n) is 16.0. The zero-order valence-electron chi connectivity index (χ0n) is 29.8. The van der Waals surface area contributed by atoms with E-state index in [0.29, 0.717) is 41.1 Å². The molecule has 0 unspecified atom stereocenters. The molecule has 2 aromatic heterocycles. The quantitative estimate of drug-likeness (QED) is 0.133. The molecule has 7 fully saturated rings. The minimum absolute atomic E-state index is 0.116. The lowest BCUT2D eigenvalue weighted by Gasteiger charge is -2.45. The molecule has 2 aromatic rings. The van der Waals surface area contributed by atoms with Crippen molar-refractivity contribution in [3.8, 4) is 12.3 Å². The number of hydrogen-bond acceptors (Lipinski definition) is 9. The number of amides is 1. The second kappa shape index (κ2) is 14.2. The fraction of sp³-hybridized carbons (Fsp3) is 0.744. The Bertz CT molecular complexity index is 1600. The lowest BCUT2D eigenvalue weighted by atomic mass is 9.61. The lowest BCUT2D eigenvalue weighted by molar-refractivity contribution is -0.184. The van der Waals surface area contributed by atoms with Gasteiger partial charge in [-0.1, -0.05) is 38.5 Å². The number of esters is 2. The Morgan fingerprint density at radius 2 is 1.56 bits per heavy atom. The number of unbranched alkanes of at least 4 members (excludes halogenated alkanes) is 4. The van der Waals surface area contributed by atoms with Gasteiger partial charge in [-0.25, -0.2) is 15.0 Å². The Balaban J connectivity index is 1.13. The number of hydrogen-bond donors (Lipinski definition) is 1. The molecule has 3 atom stereocenters. The summed E-state index contributed by atoms with van der Waals surface area (Å²) in [6.45, 7) is 3.72. The van der Waals surface area contributed by atoms with Crippen molar-refractivity contribution in [1.82, 2.24) is 19.5 Å². The molecule has 9 rings (SSSR count). The van der Waals surface area contributed by atoms with Gasteiger partial charge >= 0.3 is 11.9 Å². The van der Waals surface area contributed by atoms with E-state index in [-0.39, 0.29) is 30.9 Å². The van der Waals surface area contributed by atoms with Crippen LogP contribution in [0.25, 0.3) is 11.2 Å². The van der Waals surface area contributed by atoms with Gasteiger partial charge in [0.25, 0.3) is 0 Å². The number of terminal acetylenes is 1. The van der Waals surface area contributed by atoms with Crippen LogP contribution in [0.5, 0.6) is 0 Å². The average Bonchev–Trinajstić information content (AvgIpc) is 3.73.